The van der Waals surface area contributed by atoms with Gasteiger partial charge < -0.3 is 0 Å². The minimum atomic E-state index is 0.892. The minimum Gasteiger partial charge on any atom is -0.297 e. The molecule has 0 spiro atoms. The first-order valence-corrected chi connectivity index (χ1v) is 5.18. The first kappa shape index (κ1) is 8.76. The van der Waals surface area contributed by atoms with E-state index >= 15 is 0 Å². The molecule has 1 aliphatic rings. The summed E-state index contributed by atoms with van der Waals surface area (Å²) in [6, 6.07) is 11.6. The SMILES string of the molecule is CC[C@@H]1CN1CCc1ccccc1. The van der Waals surface area contributed by atoms with Crippen LogP contribution in [0.3, 0.4) is 0 Å². The highest BCUT2D eigenvalue weighted by Crippen LogP contribution is 2.20. The fraction of sp³-hybridized carbons (Fsp3) is 0.500. The summed E-state index contributed by atoms with van der Waals surface area (Å²) in [6.45, 7) is 4.83. The van der Waals surface area contributed by atoms with Gasteiger partial charge in [0.1, 0.15) is 0 Å². The lowest BCUT2D eigenvalue weighted by Crippen LogP contribution is -2.06. The molecule has 0 aromatic heterocycles. The van der Waals surface area contributed by atoms with E-state index in [1.54, 1.807) is 0 Å². The second-order valence-electron chi connectivity index (χ2n) is 3.79. The van der Waals surface area contributed by atoms with Gasteiger partial charge in [-0.15, -0.1) is 0 Å². The van der Waals surface area contributed by atoms with Gasteiger partial charge in [0.25, 0.3) is 0 Å². The predicted molar refractivity (Wildman–Crippen MR) is 55.8 cm³/mol. The van der Waals surface area contributed by atoms with E-state index in [1.165, 1.54) is 31.5 Å². The van der Waals surface area contributed by atoms with Gasteiger partial charge in [0.05, 0.1) is 0 Å². The average molecular weight is 175 g/mol. The number of rotatable bonds is 4. The van der Waals surface area contributed by atoms with Gasteiger partial charge >= 0.3 is 0 Å². The van der Waals surface area contributed by atoms with E-state index in [-0.39, 0.29) is 0 Å². The molecule has 70 valence electrons. The van der Waals surface area contributed by atoms with Crippen molar-refractivity contribution in [1.29, 1.82) is 0 Å². The summed E-state index contributed by atoms with van der Waals surface area (Å²) in [5, 5.41) is 0. The van der Waals surface area contributed by atoms with E-state index in [0.29, 0.717) is 0 Å². The molecule has 1 heterocycles. The highest BCUT2D eigenvalue weighted by atomic mass is 15.3. The maximum absolute atomic E-state index is 2.55. The molecule has 1 unspecified atom stereocenters. The molecule has 1 saturated heterocycles. The van der Waals surface area contributed by atoms with Gasteiger partial charge in [-0.3, -0.25) is 4.90 Å². The summed E-state index contributed by atoms with van der Waals surface area (Å²) in [5.41, 5.74) is 1.46. The van der Waals surface area contributed by atoms with E-state index in [2.05, 4.69) is 42.2 Å². The van der Waals surface area contributed by atoms with Crippen molar-refractivity contribution in [2.45, 2.75) is 25.8 Å². The van der Waals surface area contributed by atoms with Gasteiger partial charge in [0, 0.05) is 19.1 Å². The molecule has 1 fully saturated rings. The van der Waals surface area contributed by atoms with Gasteiger partial charge in [-0.2, -0.15) is 0 Å². The van der Waals surface area contributed by atoms with Crippen molar-refractivity contribution >= 4 is 0 Å². The van der Waals surface area contributed by atoms with Gasteiger partial charge in [0.15, 0.2) is 0 Å². The molecule has 0 bridgehead atoms. The van der Waals surface area contributed by atoms with E-state index in [1.807, 2.05) is 0 Å². The number of benzene rings is 1. The van der Waals surface area contributed by atoms with Crippen LogP contribution >= 0.6 is 0 Å². The maximum Gasteiger partial charge on any atom is 0.0221 e. The zero-order chi connectivity index (χ0) is 9.10. The zero-order valence-corrected chi connectivity index (χ0v) is 8.24. The number of hydrogen-bond acceptors (Lipinski definition) is 1. The van der Waals surface area contributed by atoms with Crippen molar-refractivity contribution in [3.63, 3.8) is 0 Å². The first-order chi connectivity index (χ1) is 6.40. The summed E-state index contributed by atoms with van der Waals surface area (Å²) in [5.74, 6) is 0. The summed E-state index contributed by atoms with van der Waals surface area (Å²) in [4.78, 5) is 2.55. The molecule has 2 rings (SSSR count). The molecule has 1 aromatic rings. The third-order valence-corrected chi connectivity index (χ3v) is 2.83. The van der Waals surface area contributed by atoms with Crippen molar-refractivity contribution in [3.05, 3.63) is 35.9 Å². The molecule has 1 aromatic carbocycles. The van der Waals surface area contributed by atoms with Crippen LogP contribution in [-0.2, 0) is 6.42 Å². The molecule has 0 amide bonds. The van der Waals surface area contributed by atoms with E-state index in [9.17, 15) is 0 Å². The Morgan fingerprint density at radius 2 is 2.08 bits per heavy atom. The molecule has 13 heavy (non-hydrogen) atoms. The molecule has 2 atom stereocenters. The normalized spacial score (nSPS) is 25.9. The molecule has 0 N–H and O–H groups in total. The quantitative estimate of drug-likeness (QED) is 0.635. The third kappa shape index (κ3) is 2.31. The fourth-order valence-corrected chi connectivity index (χ4v) is 1.80. The zero-order valence-electron chi connectivity index (χ0n) is 8.24. The Kier molecular flexibility index (Phi) is 2.65. The summed E-state index contributed by atoms with van der Waals surface area (Å²) in [7, 11) is 0. The summed E-state index contributed by atoms with van der Waals surface area (Å²) in [6.07, 6.45) is 2.52. The predicted octanol–water partition coefficient (Wildman–Crippen LogP) is 2.32. The van der Waals surface area contributed by atoms with E-state index in [0.717, 1.165) is 6.04 Å². The van der Waals surface area contributed by atoms with Crippen LogP contribution in [0, 0.1) is 0 Å². The Labute approximate surface area is 80.4 Å². The van der Waals surface area contributed by atoms with Crippen LogP contribution in [0.5, 0.6) is 0 Å². The van der Waals surface area contributed by atoms with Crippen LogP contribution in [0.25, 0.3) is 0 Å². The lowest BCUT2D eigenvalue weighted by Gasteiger charge is -2.02. The molecule has 1 aliphatic heterocycles. The molecular formula is C12H17N. The molecular weight excluding hydrogens is 158 g/mol. The Hall–Kier alpha value is -0.820. The van der Waals surface area contributed by atoms with E-state index in [4.69, 9.17) is 0 Å². The lowest BCUT2D eigenvalue weighted by molar-refractivity contribution is 0.502. The smallest absolute Gasteiger partial charge is 0.0221 e. The fourth-order valence-electron chi connectivity index (χ4n) is 1.80. The number of hydrogen-bond donors (Lipinski definition) is 0. The molecule has 0 aliphatic carbocycles. The van der Waals surface area contributed by atoms with Crippen LogP contribution in [-0.4, -0.2) is 24.0 Å². The van der Waals surface area contributed by atoms with Crippen LogP contribution in [0.1, 0.15) is 18.9 Å². The Morgan fingerprint density at radius 3 is 2.69 bits per heavy atom. The molecule has 1 heteroatoms. The maximum atomic E-state index is 2.55. The van der Waals surface area contributed by atoms with Crippen LogP contribution in [0.4, 0.5) is 0 Å². The highest BCUT2D eigenvalue weighted by molar-refractivity contribution is 5.15. The topological polar surface area (TPSA) is 3.01 Å². The largest absolute Gasteiger partial charge is 0.297 e. The second kappa shape index (κ2) is 3.93. The van der Waals surface area contributed by atoms with Crippen LogP contribution in [0.2, 0.25) is 0 Å². The second-order valence-corrected chi connectivity index (χ2v) is 3.79. The molecule has 0 radical (unpaired) electrons. The first-order valence-electron chi connectivity index (χ1n) is 5.18. The Balaban J connectivity index is 1.75. The van der Waals surface area contributed by atoms with Gasteiger partial charge in [-0.1, -0.05) is 37.3 Å². The van der Waals surface area contributed by atoms with Crippen molar-refractivity contribution in [3.8, 4) is 0 Å². The number of nitrogens with zero attached hydrogens (tertiary/aromatic N) is 1. The molecule has 1 nitrogen and oxygen atoms in total. The van der Waals surface area contributed by atoms with Crippen LogP contribution in [0.15, 0.2) is 30.3 Å². The van der Waals surface area contributed by atoms with Gasteiger partial charge in [-0.05, 0) is 18.4 Å². The third-order valence-electron chi connectivity index (χ3n) is 2.83. The van der Waals surface area contributed by atoms with Gasteiger partial charge in [-0.25, -0.2) is 0 Å². The lowest BCUT2D eigenvalue weighted by atomic mass is 10.1. The molecule has 0 saturated carbocycles. The monoisotopic (exact) mass is 175 g/mol. The van der Waals surface area contributed by atoms with Crippen molar-refractivity contribution in [2.75, 3.05) is 13.1 Å². The van der Waals surface area contributed by atoms with Crippen molar-refractivity contribution < 1.29 is 0 Å². The Morgan fingerprint density at radius 1 is 1.31 bits per heavy atom. The Bertz CT molecular complexity index is 255. The standard InChI is InChI=1S/C12H17N/c1-2-12-10-13(12)9-8-11-6-4-3-5-7-11/h3-7,12H,2,8-10H2,1H3/t12-,13?/m1/s1. The highest BCUT2D eigenvalue weighted by Gasteiger charge is 2.30. The van der Waals surface area contributed by atoms with Crippen LogP contribution < -0.4 is 0 Å². The average Bonchev–Trinajstić information content (AvgIpc) is 2.95. The summed E-state index contributed by atoms with van der Waals surface area (Å²) < 4.78 is 0. The minimum absolute atomic E-state index is 0.892. The van der Waals surface area contributed by atoms with Gasteiger partial charge in [0.2, 0.25) is 0 Å². The van der Waals surface area contributed by atoms with Crippen molar-refractivity contribution in [1.82, 2.24) is 4.90 Å². The summed E-state index contributed by atoms with van der Waals surface area (Å²) >= 11 is 0. The van der Waals surface area contributed by atoms with E-state index < -0.39 is 0 Å². The van der Waals surface area contributed by atoms with Crippen molar-refractivity contribution in [2.24, 2.45) is 0 Å².